The number of pyridine rings is 1. The second-order valence-electron chi connectivity index (χ2n) is 5.50. The Morgan fingerprint density at radius 3 is 2.33 bits per heavy atom. The van der Waals surface area contributed by atoms with Crippen LogP contribution in [0.4, 0.5) is 5.82 Å². The van der Waals surface area contributed by atoms with Crippen LogP contribution in [-0.2, 0) is 14.8 Å². The monoisotopic (exact) mass is 411 g/mol. The van der Waals surface area contributed by atoms with Crippen LogP contribution in [0.25, 0.3) is 0 Å². The number of anilines is 1. The van der Waals surface area contributed by atoms with Crippen LogP contribution in [0.1, 0.15) is 13.8 Å². The van der Waals surface area contributed by atoms with Crippen molar-refractivity contribution in [2.24, 2.45) is 5.92 Å². The molecule has 0 radical (unpaired) electrons. The predicted molar refractivity (Wildman–Crippen MR) is 96.0 cm³/mol. The third kappa shape index (κ3) is 4.86. The first-order chi connectivity index (χ1) is 11.3. The maximum Gasteiger partial charge on any atom is 0.243 e. The van der Waals surface area contributed by atoms with Crippen molar-refractivity contribution in [3.63, 3.8) is 0 Å². The maximum absolute atomic E-state index is 12.5. The number of rotatable bonds is 6. The number of aromatic nitrogens is 1. The smallest absolute Gasteiger partial charge is 0.243 e. The van der Waals surface area contributed by atoms with Crippen molar-refractivity contribution in [3.8, 4) is 0 Å². The molecule has 1 amide bonds. The van der Waals surface area contributed by atoms with E-state index in [-0.39, 0.29) is 10.8 Å². The number of amides is 1. The minimum Gasteiger partial charge on any atom is -0.309 e. The van der Waals surface area contributed by atoms with E-state index in [2.05, 4.69) is 31.0 Å². The van der Waals surface area contributed by atoms with E-state index in [4.69, 9.17) is 0 Å². The normalized spacial score (nSPS) is 12.8. The van der Waals surface area contributed by atoms with E-state index >= 15 is 0 Å². The van der Waals surface area contributed by atoms with Gasteiger partial charge in [0.2, 0.25) is 15.9 Å². The largest absolute Gasteiger partial charge is 0.309 e. The van der Waals surface area contributed by atoms with Gasteiger partial charge in [-0.3, -0.25) is 4.79 Å². The number of hydrogen-bond acceptors (Lipinski definition) is 4. The Morgan fingerprint density at radius 1 is 1.12 bits per heavy atom. The minimum absolute atomic E-state index is 0.0991. The average molecular weight is 412 g/mol. The van der Waals surface area contributed by atoms with Gasteiger partial charge in [0.05, 0.1) is 4.90 Å². The third-order valence-electron chi connectivity index (χ3n) is 3.27. The highest BCUT2D eigenvalue weighted by Crippen LogP contribution is 2.16. The number of benzene rings is 1. The van der Waals surface area contributed by atoms with Crippen LogP contribution in [-0.4, -0.2) is 25.4 Å². The highest BCUT2D eigenvalue weighted by atomic mass is 79.9. The van der Waals surface area contributed by atoms with E-state index in [0.717, 1.165) is 4.47 Å². The van der Waals surface area contributed by atoms with E-state index in [1.54, 1.807) is 50.4 Å². The lowest BCUT2D eigenvalue weighted by molar-refractivity contribution is -0.118. The molecule has 1 heterocycles. The lowest BCUT2D eigenvalue weighted by Crippen LogP contribution is -2.47. The van der Waals surface area contributed by atoms with Crippen molar-refractivity contribution >= 4 is 37.7 Å². The summed E-state index contributed by atoms with van der Waals surface area (Å²) in [7, 11) is -3.81. The number of sulfonamides is 1. The fourth-order valence-electron chi connectivity index (χ4n) is 1.98. The molecule has 6 nitrogen and oxygen atoms in total. The maximum atomic E-state index is 12.5. The van der Waals surface area contributed by atoms with Gasteiger partial charge in [-0.15, -0.1) is 0 Å². The summed E-state index contributed by atoms with van der Waals surface area (Å²) in [5.74, 6) is -0.320. The molecule has 2 N–H and O–H groups in total. The topological polar surface area (TPSA) is 88.2 Å². The molecule has 2 rings (SSSR count). The standard InChI is InChI=1S/C16H18BrN3O3S/c1-11(2)15(16(21)19-14-5-3-4-10-18-14)20-24(22,23)13-8-6-12(17)7-9-13/h3-11,15,20H,1-2H3,(H,18,19,21)/t15-/m0/s1. The average Bonchev–Trinajstić information content (AvgIpc) is 2.53. The molecule has 0 aliphatic carbocycles. The second kappa shape index (κ2) is 7.87. The van der Waals surface area contributed by atoms with E-state index in [9.17, 15) is 13.2 Å². The molecule has 8 heteroatoms. The summed E-state index contributed by atoms with van der Waals surface area (Å²) in [5.41, 5.74) is 0. The summed E-state index contributed by atoms with van der Waals surface area (Å²) in [6, 6.07) is 10.4. The highest BCUT2D eigenvalue weighted by Gasteiger charge is 2.28. The Labute approximate surface area is 149 Å². The molecular weight excluding hydrogens is 394 g/mol. The van der Waals surface area contributed by atoms with E-state index in [1.807, 2.05) is 0 Å². The first-order valence-corrected chi connectivity index (χ1v) is 9.57. The number of hydrogen-bond donors (Lipinski definition) is 2. The van der Waals surface area contributed by atoms with Gasteiger partial charge in [0.25, 0.3) is 0 Å². The van der Waals surface area contributed by atoms with Gasteiger partial charge in [-0.2, -0.15) is 4.72 Å². The van der Waals surface area contributed by atoms with Gasteiger partial charge in [-0.25, -0.2) is 13.4 Å². The van der Waals surface area contributed by atoms with Crippen LogP contribution >= 0.6 is 15.9 Å². The zero-order valence-electron chi connectivity index (χ0n) is 13.2. The van der Waals surface area contributed by atoms with Crippen molar-refractivity contribution in [2.75, 3.05) is 5.32 Å². The number of nitrogens with zero attached hydrogens (tertiary/aromatic N) is 1. The summed E-state index contributed by atoms with van der Waals surface area (Å²) in [5, 5.41) is 2.62. The van der Waals surface area contributed by atoms with E-state index in [0.29, 0.717) is 5.82 Å². The van der Waals surface area contributed by atoms with Crippen molar-refractivity contribution in [1.29, 1.82) is 0 Å². The van der Waals surface area contributed by atoms with Crippen LogP contribution in [0.15, 0.2) is 58.0 Å². The lowest BCUT2D eigenvalue weighted by atomic mass is 10.1. The molecule has 0 aliphatic heterocycles. The van der Waals surface area contributed by atoms with Crippen LogP contribution in [0.5, 0.6) is 0 Å². The van der Waals surface area contributed by atoms with Gasteiger partial charge in [-0.05, 0) is 42.3 Å². The molecule has 1 atom stereocenters. The van der Waals surface area contributed by atoms with Crippen LogP contribution in [0.2, 0.25) is 0 Å². The molecule has 128 valence electrons. The van der Waals surface area contributed by atoms with Gasteiger partial charge in [-0.1, -0.05) is 35.8 Å². The molecule has 24 heavy (non-hydrogen) atoms. The Kier molecular flexibility index (Phi) is 6.09. The quantitative estimate of drug-likeness (QED) is 0.764. The van der Waals surface area contributed by atoms with Gasteiger partial charge < -0.3 is 5.32 Å². The Bertz CT molecular complexity index is 793. The minimum atomic E-state index is -3.81. The Morgan fingerprint density at radius 2 is 1.79 bits per heavy atom. The van der Waals surface area contributed by atoms with Gasteiger partial charge in [0.1, 0.15) is 11.9 Å². The summed E-state index contributed by atoms with van der Waals surface area (Å²) >= 11 is 3.26. The first-order valence-electron chi connectivity index (χ1n) is 7.29. The predicted octanol–water partition coefficient (Wildman–Crippen LogP) is 2.79. The Balaban J connectivity index is 2.18. The number of carbonyl (C=O) groups excluding carboxylic acids is 1. The zero-order valence-corrected chi connectivity index (χ0v) is 15.6. The number of carbonyl (C=O) groups is 1. The molecule has 0 unspecified atom stereocenters. The SMILES string of the molecule is CC(C)[C@H](NS(=O)(=O)c1ccc(Br)cc1)C(=O)Nc1ccccn1. The van der Waals surface area contributed by atoms with Crippen molar-refractivity contribution in [1.82, 2.24) is 9.71 Å². The van der Waals surface area contributed by atoms with Crippen LogP contribution in [0.3, 0.4) is 0 Å². The van der Waals surface area contributed by atoms with Gasteiger partial charge in [0.15, 0.2) is 0 Å². The summed E-state index contributed by atoms with van der Waals surface area (Å²) in [6.07, 6.45) is 1.55. The first kappa shape index (κ1) is 18.6. The third-order valence-corrected chi connectivity index (χ3v) is 5.26. The zero-order chi connectivity index (χ0) is 17.7. The molecule has 0 bridgehead atoms. The van der Waals surface area contributed by atoms with Crippen molar-refractivity contribution < 1.29 is 13.2 Å². The van der Waals surface area contributed by atoms with Crippen LogP contribution < -0.4 is 10.0 Å². The Hall–Kier alpha value is -1.77. The fourth-order valence-corrected chi connectivity index (χ4v) is 3.59. The number of halogens is 1. The van der Waals surface area contributed by atoms with E-state index in [1.165, 1.54) is 12.1 Å². The lowest BCUT2D eigenvalue weighted by Gasteiger charge is -2.21. The van der Waals surface area contributed by atoms with Gasteiger partial charge in [0, 0.05) is 10.7 Å². The number of nitrogens with one attached hydrogen (secondary N) is 2. The molecule has 0 spiro atoms. The van der Waals surface area contributed by atoms with E-state index < -0.39 is 22.0 Å². The summed E-state index contributed by atoms with van der Waals surface area (Å²) < 4.78 is 28.2. The van der Waals surface area contributed by atoms with Crippen molar-refractivity contribution in [3.05, 3.63) is 53.1 Å². The molecule has 0 aliphatic rings. The summed E-state index contributed by atoms with van der Waals surface area (Å²) in [4.78, 5) is 16.5. The molecule has 1 aromatic heterocycles. The molecule has 2 aromatic rings. The summed E-state index contributed by atoms with van der Waals surface area (Å²) in [6.45, 7) is 3.54. The molecule has 0 fully saturated rings. The highest BCUT2D eigenvalue weighted by molar-refractivity contribution is 9.10. The molecule has 0 saturated heterocycles. The van der Waals surface area contributed by atoms with Crippen LogP contribution in [0, 0.1) is 5.92 Å². The van der Waals surface area contributed by atoms with Gasteiger partial charge >= 0.3 is 0 Å². The molecular formula is C16H18BrN3O3S. The molecule has 0 saturated carbocycles. The second-order valence-corrected chi connectivity index (χ2v) is 8.13. The van der Waals surface area contributed by atoms with Crippen molar-refractivity contribution in [2.45, 2.75) is 24.8 Å². The fraction of sp³-hybridized carbons (Fsp3) is 0.250. The molecule has 1 aromatic carbocycles.